The Labute approximate surface area is 106 Å². The van der Waals surface area contributed by atoms with Crippen molar-refractivity contribution >= 4 is 11.9 Å². The molecule has 0 saturated heterocycles. The van der Waals surface area contributed by atoms with Crippen LogP contribution in [0.4, 0.5) is 0 Å². The second-order valence-electron chi connectivity index (χ2n) is 4.44. The zero-order chi connectivity index (χ0) is 13.5. The molecule has 1 amide bonds. The molecule has 1 rings (SSSR count). The lowest BCUT2D eigenvalue weighted by atomic mass is 10.1. The minimum absolute atomic E-state index is 0.110. The van der Waals surface area contributed by atoms with Gasteiger partial charge in [-0.05, 0) is 25.3 Å². The van der Waals surface area contributed by atoms with Crippen LogP contribution < -0.4 is 5.32 Å². The Morgan fingerprint density at radius 1 is 1.44 bits per heavy atom. The van der Waals surface area contributed by atoms with Crippen molar-refractivity contribution in [3.63, 3.8) is 0 Å². The molecule has 2 atom stereocenters. The summed E-state index contributed by atoms with van der Waals surface area (Å²) >= 11 is 0. The SMILES string of the molecule is CC(CCC(=O)O)CNC(=O)C(C)n1cccn1. The zero-order valence-electron chi connectivity index (χ0n) is 10.7. The average molecular weight is 253 g/mol. The van der Waals surface area contributed by atoms with Gasteiger partial charge in [0.15, 0.2) is 0 Å². The number of carboxylic acids is 1. The number of nitrogens with one attached hydrogen (secondary N) is 1. The van der Waals surface area contributed by atoms with Crippen LogP contribution in [-0.4, -0.2) is 33.3 Å². The standard InChI is InChI=1S/C12H19N3O3/c1-9(4-5-11(16)17)8-13-12(18)10(2)15-7-3-6-14-15/h3,6-7,9-10H,4-5,8H2,1-2H3,(H,13,18)(H,16,17). The van der Waals surface area contributed by atoms with Crippen LogP contribution in [0.25, 0.3) is 0 Å². The van der Waals surface area contributed by atoms with E-state index in [0.717, 1.165) is 0 Å². The average Bonchev–Trinajstić information content (AvgIpc) is 2.86. The van der Waals surface area contributed by atoms with E-state index in [-0.39, 0.29) is 24.3 Å². The number of amides is 1. The Morgan fingerprint density at radius 3 is 2.72 bits per heavy atom. The Morgan fingerprint density at radius 2 is 2.17 bits per heavy atom. The molecule has 2 unspecified atom stereocenters. The first-order valence-electron chi connectivity index (χ1n) is 5.99. The third-order valence-corrected chi connectivity index (χ3v) is 2.78. The molecular weight excluding hydrogens is 234 g/mol. The van der Waals surface area contributed by atoms with Crippen LogP contribution >= 0.6 is 0 Å². The Hall–Kier alpha value is -1.85. The van der Waals surface area contributed by atoms with E-state index in [2.05, 4.69) is 10.4 Å². The van der Waals surface area contributed by atoms with Crippen LogP contribution in [0, 0.1) is 5.92 Å². The van der Waals surface area contributed by atoms with E-state index in [1.54, 1.807) is 30.1 Å². The number of carboxylic acid groups (broad SMARTS) is 1. The molecule has 6 heteroatoms. The lowest BCUT2D eigenvalue weighted by molar-refractivity contribution is -0.137. The molecule has 1 aromatic rings. The van der Waals surface area contributed by atoms with Crippen LogP contribution in [0.3, 0.4) is 0 Å². The van der Waals surface area contributed by atoms with Crippen molar-refractivity contribution in [2.45, 2.75) is 32.7 Å². The van der Waals surface area contributed by atoms with Crippen molar-refractivity contribution in [2.75, 3.05) is 6.54 Å². The van der Waals surface area contributed by atoms with Gasteiger partial charge in [0.25, 0.3) is 0 Å². The third-order valence-electron chi connectivity index (χ3n) is 2.78. The molecule has 0 fully saturated rings. The minimum Gasteiger partial charge on any atom is -0.481 e. The molecule has 0 spiro atoms. The van der Waals surface area contributed by atoms with Gasteiger partial charge in [-0.25, -0.2) is 0 Å². The number of nitrogens with zero attached hydrogens (tertiary/aromatic N) is 2. The van der Waals surface area contributed by atoms with Crippen molar-refractivity contribution in [3.05, 3.63) is 18.5 Å². The molecule has 100 valence electrons. The van der Waals surface area contributed by atoms with Crippen LogP contribution in [0.1, 0.15) is 32.7 Å². The van der Waals surface area contributed by atoms with Gasteiger partial charge in [-0.2, -0.15) is 5.10 Å². The van der Waals surface area contributed by atoms with Gasteiger partial charge in [0.1, 0.15) is 6.04 Å². The maximum atomic E-state index is 11.8. The molecular formula is C12H19N3O3. The van der Waals surface area contributed by atoms with Crippen LogP contribution in [0.15, 0.2) is 18.5 Å². The zero-order valence-corrected chi connectivity index (χ0v) is 10.7. The first-order chi connectivity index (χ1) is 8.50. The van der Waals surface area contributed by atoms with E-state index >= 15 is 0 Å². The number of rotatable bonds is 7. The van der Waals surface area contributed by atoms with Gasteiger partial charge in [0, 0.05) is 25.4 Å². The molecule has 0 aromatic carbocycles. The summed E-state index contributed by atoms with van der Waals surface area (Å²) in [4.78, 5) is 22.2. The molecule has 1 aromatic heterocycles. The monoisotopic (exact) mass is 253 g/mol. The van der Waals surface area contributed by atoms with Gasteiger partial charge < -0.3 is 10.4 Å². The van der Waals surface area contributed by atoms with E-state index < -0.39 is 5.97 Å². The summed E-state index contributed by atoms with van der Waals surface area (Å²) in [6, 6.07) is 1.41. The second-order valence-corrected chi connectivity index (χ2v) is 4.44. The summed E-state index contributed by atoms with van der Waals surface area (Å²) in [7, 11) is 0. The molecule has 0 saturated carbocycles. The smallest absolute Gasteiger partial charge is 0.303 e. The van der Waals surface area contributed by atoms with Crippen LogP contribution in [0.5, 0.6) is 0 Å². The number of carbonyl (C=O) groups excluding carboxylic acids is 1. The van der Waals surface area contributed by atoms with E-state index in [1.807, 2.05) is 6.92 Å². The lowest BCUT2D eigenvalue weighted by Crippen LogP contribution is -2.34. The van der Waals surface area contributed by atoms with E-state index in [4.69, 9.17) is 5.11 Å². The summed E-state index contributed by atoms with van der Waals surface area (Å²) < 4.78 is 1.58. The van der Waals surface area contributed by atoms with E-state index in [0.29, 0.717) is 13.0 Å². The highest BCUT2D eigenvalue weighted by Gasteiger charge is 2.15. The predicted octanol–water partition coefficient (Wildman–Crippen LogP) is 1.06. The molecule has 0 radical (unpaired) electrons. The molecule has 0 aliphatic rings. The second kappa shape index (κ2) is 6.78. The third kappa shape index (κ3) is 4.57. The molecule has 0 bridgehead atoms. The van der Waals surface area contributed by atoms with Crippen molar-refractivity contribution in [1.29, 1.82) is 0 Å². The van der Waals surface area contributed by atoms with Gasteiger partial charge >= 0.3 is 5.97 Å². The number of hydrogen-bond donors (Lipinski definition) is 2. The molecule has 1 heterocycles. The van der Waals surface area contributed by atoms with Crippen molar-refractivity contribution in [1.82, 2.24) is 15.1 Å². The summed E-state index contributed by atoms with van der Waals surface area (Å²) in [6.07, 6.45) is 4.05. The number of carbonyl (C=O) groups is 2. The molecule has 2 N–H and O–H groups in total. The van der Waals surface area contributed by atoms with Crippen molar-refractivity contribution in [3.8, 4) is 0 Å². The summed E-state index contributed by atoms with van der Waals surface area (Å²) in [6.45, 7) is 4.17. The highest BCUT2D eigenvalue weighted by atomic mass is 16.4. The van der Waals surface area contributed by atoms with E-state index in [1.165, 1.54) is 0 Å². The molecule has 18 heavy (non-hydrogen) atoms. The van der Waals surface area contributed by atoms with Crippen LogP contribution in [0.2, 0.25) is 0 Å². The first kappa shape index (κ1) is 14.2. The summed E-state index contributed by atoms with van der Waals surface area (Å²) in [5.74, 6) is -0.770. The molecule has 0 aliphatic carbocycles. The first-order valence-corrected chi connectivity index (χ1v) is 5.99. The Bertz CT molecular complexity index is 389. The molecule has 6 nitrogen and oxygen atoms in total. The van der Waals surface area contributed by atoms with Gasteiger partial charge in [0.2, 0.25) is 5.91 Å². The minimum atomic E-state index is -0.807. The Kier molecular flexibility index (Phi) is 5.35. The van der Waals surface area contributed by atoms with Crippen molar-refractivity contribution < 1.29 is 14.7 Å². The van der Waals surface area contributed by atoms with Gasteiger partial charge in [-0.3, -0.25) is 14.3 Å². The predicted molar refractivity (Wildman–Crippen MR) is 66.0 cm³/mol. The normalized spacial score (nSPS) is 13.9. The number of aliphatic carboxylic acids is 1. The fourth-order valence-electron chi connectivity index (χ4n) is 1.52. The maximum Gasteiger partial charge on any atom is 0.303 e. The van der Waals surface area contributed by atoms with Crippen molar-refractivity contribution in [2.24, 2.45) is 5.92 Å². The highest BCUT2D eigenvalue weighted by molar-refractivity contribution is 5.79. The Balaban J connectivity index is 2.30. The van der Waals surface area contributed by atoms with E-state index in [9.17, 15) is 9.59 Å². The maximum absolute atomic E-state index is 11.8. The number of aromatic nitrogens is 2. The summed E-state index contributed by atoms with van der Waals surface area (Å²) in [5, 5.41) is 15.4. The number of hydrogen-bond acceptors (Lipinski definition) is 3. The fraction of sp³-hybridized carbons (Fsp3) is 0.583. The quantitative estimate of drug-likeness (QED) is 0.761. The highest BCUT2D eigenvalue weighted by Crippen LogP contribution is 2.06. The van der Waals surface area contributed by atoms with Gasteiger partial charge in [-0.1, -0.05) is 6.92 Å². The topological polar surface area (TPSA) is 84.2 Å². The fourth-order valence-corrected chi connectivity index (χ4v) is 1.52. The van der Waals surface area contributed by atoms with Gasteiger partial charge in [0.05, 0.1) is 0 Å². The largest absolute Gasteiger partial charge is 0.481 e. The van der Waals surface area contributed by atoms with Crippen LogP contribution in [-0.2, 0) is 9.59 Å². The molecule has 0 aliphatic heterocycles. The van der Waals surface area contributed by atoms with Gasteiger partial charge in [-0.15, -0.1) is 0 Å². The summed E-state index contributed by atoms with van der Waals surface area (Å²) in [5.41, 5.74) is 0. The lowest BCUT2D eigenvalue weighted by Gasteiger charge is -2.15.